The van der Waals surface area contributed by atoms with Gasteiger partial charge in [0.15, 0.2) is 0 Å². The van der Waals surface area contributed by atoms with Crippen molar-refractivity contribution >= 4 is 5.91 Å². The Hall–Kier alpha value is -0.610. The number of amides is 1. The van der Waals surface area contributed by atoms with Crippen LogP contribution in [0.25, 0.3) is 0 Å². The Balaban J connectivity index is 3.78. The molecule has 0 saturated carbocycles. The monoisotopic (exact) mass is 244 g/mol. The van der Waals surface area contributed by atoms with Gasteiger partial charge in [0.2, 0.25) is 5.91 Å². The molecule has 0 aliphatic heterocycles. The van der Waals surface area contributed by atoms with E-state index in [1.807, 2.05) is 6.92 Å². The van der Waals surface area contributed by atoms with Crippen molar-refractivity contribution in [2.45, 2.75) is 46.6 Å². The first kappa shape index (κ1) is 16.4. The molecule has 0 rings (SSSR count). The molecule has 0 fully saturated rings. The van der Waals surface area contributed by atoms with Crippen molar-refractivity contribution in [3.05, 3.63) is 0 Å². The van der Waals surface area contributed by atoms with Gasteiger partial charge in [-0.25, -0.2) is 0 Å². The van der Waals surface area contributed by atoms with Crippen LogP contribution in [-0.4, -0.2) is 32.2 Å². The van der Waals surface area contributed by atoms with E-state index in [-0.39, 0.29) is 17.4 Å². The summed E-state index contributed by atoms with van der Waals surface area (Å²) in [5, 5.41) is 2.88. The Morgan fingerprint density at radius 3 is 2.47 bits per heavy atom. The Kier molecular flexibility index (Phi) is 7.39. The number of hydrogen-bond donors (Lipinski definition) is 2. The Labute approximate surface area is 105 Å². The summed E-state index contributed by atoms with van der Waals surface area (Å²) in [6, 6.07) is -0.0623. The van der Waals surface area contributed by atoms with E-state index in [0.29, 0.717) is 25.5 Å². The molecule has 0 heterocycles. The van der Waals surface area contributed by atoms with Crippen LogP contribution in [0.1, 0.15) is 40.5 Å². The fraction of sp³-hybridized carbons (Fsp3) is 0.923. The zero-order valence-electron chi connectivity index (χ0n) is 11.9. The van der Waals surface area contributed by atoms with Gasteiger partial charge < -0.3 is 15.8 Å². The largest absolute Gasteiger partial charge is 0.384 e. The van der Waals surface area contributed by atoms with Crippen LogP contribution in [0, 0.1) is 11.3 Å². The highest BCUT2D eigenvalue weighted by molar-refractivity contribution is 5.76. The summed E-state index contributed by atoms with van der Waals surface area (Å²) in [7, 11) is 1.66. The van der Waals surface area contributed by atoms with E-state index in [9.17, 15) is 4.79 Å². The van der Waals surface area contributed by atoms with Crippen molar-refractivity contribution in [1.29, 1.82) is 0 Å². The highest BCUT2D eigenvalue weighted by atomic mass is 16.5. The first-order valence-corrected chi connectivity index (χ1v) is 6.26. The normalized spacial score (nSPS) is 15.4. The van der Waals surface area contributed by atoms with Gasteiger partial charge in [-0.05, 0) is 17.8 Å². The molecule has 0 aromatic carbocycles. The summed E-state index contributed by atoms with van der Waals surface area (Å²) in [5.41, 5.74) is 6.11. The fourth-order valence-corrected chi connectivity index (χ4v) is 1.80. The lowest BCUT2D eigenvalue weighted by atomic mass is 9.87. The smallest absolute Gasteiger partial charge is 0.221 e. The van der Waals surface area contributed by atoms with Gasteiger partial charge in [0, 0.05) is 26.1 Å². The zero-order chi connectivity index (χ0) is 13.5. The van der Waals surface area contributed by atoms with E-state index >= 15 is 0 Å². The fourth-order valence-electron chi connectivity index (χ4n) is 1.80. The molecule has 0 aliphatic rings. The number of nitrogens with one attached hydrogen (secondary N) is 1. The third-order valence-corrected chi connectivity index (χ3v) is 2.42. The summed E-state index contributed by atoms with van der Waals surface area (Å²) in [6.07, 6.45) is 1.25. The number of rotatable bonds is 7. The van der Waals surface area contributed by atoms with Gasteiger partial charge in [-0.3, -0.25) is 4.79 Å². The van der Waals surface area contributed by atoms with Gasteiger partial charge in [0.05, 0.1) is 6.61 Å². The third kappa shape index (κ3) is 10.3. The molecule has 0 aromatic rings. The highest BCUT2D eigenvalue weighted by Crippen LogP contribution is 2.20. The predicted molar refractivity (Wildman–Crippen MR) is 70.7 cm³/mol. The van der Waals surface area contributed by atoms with Gasteiger partial charge in [0.25, 0.3) is 0 Å². The predicted octanol–water partition coefficient (Wildman–Crippen LogP) is 1.54. The van der Waals surface area contributed by atoms with Crippen LogP contribution in [0.5, 0.6) is 0 Å². The lowest BCUT2D eigenvalue weighted by Crippen LogP contribution is -2.36. The second-order valence-electron chi connectivity index (χ2n) is 6.09. The number of carbonyl (C=O) groups excluding carboxylic acids is 1. The first-order valence-electron chi connectivity index (χ1n) is 6.26. The van der Waals surface area contributed by atoms with Gasteiger partial charge in [-0.1, -0.05) is 27.7 Å². The standard InChI is InChI=1S/C13H28N2O2/c1-10(9-17-5)8-15-12(16)6-11(14)7-13(2,3)4/h10-11H,6-9,14H2,1-5H3,(H,15,16). The van der Waals surface area contributed by atoms with E-state index in [2.05, 4.69) is 26.1 Å². The van der Waals surface area contributed by atoms with Crippen molar-refractivity contribution in [3.8, 4) is 0 Å². The second kappa shape index (κ2) is 7.67. The molecule has 0 aliphatic carbocycles. The maximum atomic E-state index is 11.6. The van der Waals surface area contributed by atoms with Gasteiger partial charge in [-0.2, -0.15) is 0 Å². The van der Waals surface area contributed by atoms with Gasteiger partial charge in [-0.15, -0.1) is 0 Å². The van der Waals surface area contributed by atoms with Crippen molar-refractivity contribution in [2.75, 3.05) is 20.3 Å². The molecule has 1 amide bonds. The minimum Gasteiger partial charge on any atom is -0.384 e. The molecule has 0 bridgehead atoms. The molecular formula is C13H28N2O2. The molecule has 102 valence electrons. The highest BCUT2D eigenvalue weighted by Gasteiger charge is 2.18. The van der Waals surface area contributed by atoms with Crippen LogP contribution in [0.4, 0.5) is 0 Å². The van der Waals surface area contributed by atoms with Crippen LogP contribution >= 0.6 is 0 Å². The SMILES string of the molecule is COCC(C)CNC(=O)CC(N)CC(C)(C)C. The molecular weight excluding hydrogens is 216 g/mol. The summed E-state index contributed by atoms with van der Waals surface area (Å²) >= 11 is 0. The van der Waals surface area contributed by atoms with Crippen molar-refractivity contribution in [1.82, 2.24) is 5.32 Å². The molecule has 0 radical (unpaired) electrons. The summed E-state index contributed by atoms with van der Waals surface area (Å²) in [5.74, 6) is 0.368. The molecule has 17 heavy (non-hydrogen) atoms. The number of methoxy groups -OCH3 is 1. The number of hydrogen-bond acceptors (Lipinski definition) is 3. The lowest BCUT2D eigenvalue weighted by molar-refractivity contribution is -0.121. The van der Waals surface area contributed by atoms with Crippen LogP contribution < -0.4 is 11.1 Å². The molecule has 4 nitrogen and oxygen atoms in total. The minimum absolute atomic E-state index is 0.0321. The average molecular weight is 244 g/mol. The first-order chi connectivity index (χ1) is 7.74. The van der Waals surface area contributed by atoms with Crippen LogP contribution in [0.2, 0.25) is 0 Å². The molecule has 0 saturated heterocycles. The summed E-state index contributed by atoms with van der Waals surface area (Å²) in [4.78, 5) is 11.6. The van der Waals surface area contributed by atoms with Crippen molar-refractivity contribution in [3.63, 3.8) is 0 Å². The maximum Gasteiger partial charge on any atom is 0.221 e. The Morgan fingerprint density at radius 1 is 1.41 bits per heavy atom. The molecule has 4 heteroatoms. The van der Waals surface area contributed by atoms with E-state index in [0.717, 1.165) is 6.42 Å². The maximum absolute atomic E-state index is 11.6. The topological polar surface area (TPSA) is 64.3 Å². The van der Waals surface area contributed by atoms with E-state index < -0.39 is 0 Å². The van der Waals surface area contributed by atoms with E-state index in [1.54, 1.807) is 7.11 Å². The average Bonchev–Trinajstić information content (AvgIpc) is 2.12. The van der Waals surface area contributed by atoms with E-state index in [1.165, 1.54) is 0 Å². The van der Waals surface area contributed by atoms with Gasteiger partial charge in [0.1, 0.15) is 0 Å². The quantitative estimate of drug-likeness (QED) is 0.714. The van der Waals surface area contributed by atoms with Crippen LogP contribution in [0.3, 0.4) is 0 Å². The van der Waals surface area contributed by atoms with Crippen LogP contribution in [-0.2, 0) is 9.53 Å². The molecule has 0 aromatic heterocycles. The lowest BCUT2D eigenvalue weighted by Gasteiger charge is -2.23. The number of carbonyl (C=O) groups is 1. The molecule has 3 N–H and O–H groups in total. The van der Waals surface area contributed by atoms with Crippen molar-refractivity contribution < 1.29 is 9.53 Å². The Morgan fingerprint density at radius 2 is 2.00 bits per heavy atom. The molecule has 2 atom stereocenters. The summed E-state index contributed by atoms with van der Waals surface area (Å²) in [6.45, 7) is 9.74. The third-order valence-electron chi connectivity index (χ3n) is 2.42. The number of ether oxygens (including phenoxy) is 1. The Bertz CT molecular complexity index is 224. The summed E-state index contributed by atoms with van der Waals surface area (Å²) < 4.78 is 5.01. The molecule has 2 unspecified atom stereocenters. The zero-order valence-corrected chi connectivity index (χ0v) is 11.9. The van der Waals surface area contributed by atoms with Gasteiger partial charge >= 0.3 is 0 Å². The minimum atomic E-state index is -0.0623. The van der Waals surface area contributed by atoms with Crippen LogP contribution in [0.15, 0.2) is 0 Å². The van der Waals surface area contributed by atoms with Crippen molar-refractivity contribution in [2.24, 2.45) is 17.1 Å². The molecule has 0 spiro atoms. The second-order valence-corrected chi connectivity index (χ2v) is 6.09. The number of nitrogens with two attached hydrogens (primary N) is 1. The van der Waals surface area contributed by atoms with E-state index in [4.69, 9.17) is 10.5 Å².